The van der Waals surface area contributed by atoms with Gasteiger partial charge in [0.2, 0.25) is 0 Å². The number of nitrogens with two attached hydrogens (primary N) is 2. The highest BCUT2D eigenvalue weighted by Gasteiger charge is 2.28. The molecule has 2 aliphatic rings. The van der Waals surface area contributed by atoms with Gasteiger partial charge in [0.15, 0.2) is 11.5 Å². The van der Waals surface area contributed by atoms with Crippen molar-refractivity contribution in [3.8, 4) is 11.5 Å². The van der Waals surface area contributed by atoms with Gasteiger partial charge in [-0.25, -0.2) is 9.78 Å². The molecule has 0 radical (unpaired) electrons. The molecule has 0 spiro atoms. The van der Waals surface area contributed by atoms with E-state index in [1.807, 2.05) is 13.8 Å². The van der Waals surface area contributed by atoms with E-state index >= 15 is 0 Å². The van der Waals surface area contributed by atoms with Crippen molar-refractivity contribution in [1.29, 1.82) is 0 Å². The number of aromatic nitrogens is 4. The Kier molecular flexibility index (Phi) is 7.03. The van der Waals surface area contributed by atoms with Crippen molar-refractivity contribution in [2.75, 3.05) is 6.61 Å². The van der Waals surface area contributed by atoms with E-state index in [4.69, 9.17) is 16.6 Å². The fourth-order valence-electron chi connectivity index (χ4n) is 3.74. The van der Waals surface area contributed by atoms with Gasteiger partial charge in [-0.2, -0.15) is 4.98 Å². The first-order chi connectivity index (χ1) is 15.0. The van der Waals surface area contributed by atoms with E-state index in [-0.39, 0.29) is 18.1 Å². The SMILES string of the molecule is Cc1cc2nc3c(=O)[nH]c(=O)nc-3n(C[C@@H](O)[C@@H](O)[C@@H](O)CO)c2c(CCC(N)N)c1C. The molecule has 0 aromatic heterocycles. The largest absolute Gasteiger partial charge is 0.394 e. The maximum Gasteiger partial charge on any atom is 0.349 e. The summed E-state index contributed by atoms with van der Waals surface area (Å²) < 4.78 is 1.43. The van der Waals surface area contributed by atoms with Crippen molar-refractivity contribution in [1.82, 2.24) is 19.5 Å². The molecule has 3 rings (SSSR count). The third kappa shape index (κ3) is 4.55. The second-order valence-corrected chi connectivity index (χ2v) is 7.94. The highest BCUT2D eigenvalue weighted by molar-refractivity contribution is 5.84. The molecule has 0 saturated carbocycles. The van der Waals surface area contributed by atoms with Gasteiger partial charge in [0.05, 0.1) is 30.4 Å². The summed E-state index contributed by atoms with van der Waals surface area (Å²) in [7, 11) is 0. The van der Waals surface area contributed by atoms with Gasteiger partial charge in [-0.05, 0) is 49.4 Å². The van der Waals surface area contributed by atoms with Crippen molar-refractivity contribution in [2.24, 2.45) is 11.5 Å². The number of hydrogen-bond acceptors (Lipinski definition) is 10. The van der Waals surface area contributed by atoms with E-state index in [2.05, 4.69) is 15.0 Å². The summed E-state index contributed by atoms with van der Waals surface area (Å²) in [5.41, 5.74) is 13.2. The molecule has 32 heavy (non-hydrogen) atoms. The topological polar surface area (TPSA) is 214 Å². The number of benzene rings is 1. The molecule has 0 aliphatic carbocycles. The quantitative estimate of drug-likeness (QED) is 0.141. The van der Waals surface area contributed by atoms with Crippen molar-refractivity contribution in [3.05, 3.63) is 43.6 Å². The van der Waals surface area contributed by atoms with E-state index < -0.39 is 42.3 Å². The number of aromatic amines is 1. The van der Waals surface area contributed by atoms with Crippen molar-refractivity contribution >= 4 is 11.0 Å². The fourth-order valence-corrected chi connectivity index (χ4v) is 3.74. The van der Waals surface area contributed by atoms with Crippen LogP contribution in [-0.4, -0.2) is 71.0 Å². The molecule has 3 atom stereocenters. The molecule has 0 bridgehead atoms. The van der Waals surface area contributed by atoms with Crippen molar-refractivity contribution < 1.29 is 20.4 Å². The standard InChI is InChI=1S/C20H28N6O6/c1-8-5-11-16(10(9(8)2)3-4-14(21)22)26(6-12(28)17(30)13(29)7-27)18-15(23-11)19(31)25-20(32)24-18/h5,12-14,17,27-30H,3-4,6-7,21-22H2,1-2H3,(H,25,31,32)/t12-,13+,17-/m1/s1. The van der Waals surface area contributed by atoms with Crippen LogP contribution in [0.2, 0.25) is 0 Å². The van der Waals surface area contributed by atoms with Crippen LogP contribution in [0.15, 0.2) is 15.7 Å². The van der Waals surface area contributed by atoms with E-state index in [0.29, 0.717) is 23.9 Å². The molecular weight excluding hydrogens is 420 g/mol. The number of hydrogen-bond donors (Lipinski definition) is 7. The molecule has 9 N–H and O–H groups in total. The molecule has 12 heteroatoms. The molecule has 2 heterocycles. The highest BCUT2D eigenvalue weighted by atomic mass is 16.4. The molecule has 174 valence electrons. The van der Waals surface area contributed by atoms with Crippen LogP contribution in [0.25, 0.3) is 22.6 Å². The number of H-pyrrole nitrogens is 1. The van der Waals surface area contributed by atoms with Gasteiger partial charge in [-0.1, -0.05) is 0 Å². The summed E-state index contributed by atoms with van der Waals surface area (Å²) in [6.07, 6.45) is -4.53. The first-order valence-electron chi connectivity index (χ1n) is 10.1. The van der Waals surface area contributed by atoms with Crippen LogP contribution in [-0.2, 0) is 13.0 Å². The summed E-state index contributed by atoms with van der Waals surface area (Å²) in [4.78, 5) is 34.8. The Balaban J connectivity index is 2.36. The molecule has 2 aliphatic heterocycles. The van der Waals surface area contributed by atoms with Crippen LogP contribution in [0.3, 0.4) is 0 Å². The van der Waals surface area contributed by atoms with Gasteiger partial charge in [0.1, 0.15) is 18.3 Å². The normalized spacial score (nSPS) is 14.9. The van der Waals surface area contributed by atoms with E-state index in [1.54, 1.807) is 6.07 Å². The predicted molar refractivity (Wildman–Crippen MR) is 116 cm³/mol. The van der Waals surface area contributed by atoms with Crippen molar-refractivity contribution in [3.63, 3.8) is 0 Å². The molecule has 0 saturated heterocycles. The number of nitrogens with one attached hydrogen (secondary N) is 1. The summed E-state index contributed by atoms with van der Waals surface area (Å²) in [5, 5.41) is 39.6. The van der Waals surface area contributed by atoms with Gasteiger partial charge in [-0.3, -0.25) is 9.78 Å². The lowest BCUT2D eigenvalue weighted by Gasteiger charge is -2.26. The Morgan fingerprint density at radius 1 is 1.12 bits per heavy atom. The molecule has 1 aromatic carbocycles. The second-order valence-electron chi connectivity index (χ2n) is 7.94. The predicted octanol–water partition coefficient (Wildman–Crippen LogP) is -2.55. The molecule has 0 unspecified atom stereocenters. The molecule has 1 aromatic rings. The van der Waals surface area contributed by atoms with Crippen LogP contribution in [0.5, 0.6) is 0 Å². The number of rotatable bonds is 8. The minimum absolute atomic E-state index is 0.0856. The molecule has 0 amide bonds. The number of fused-ring (bicyclic) bond motifs is 2. The Hall–Kier alpha value is -2.74. The van der Waals surface area contributed by atoms with Crippen LogP contribution >= 0.6 is 0 Å². The van der Waals surface area contributed by atoms with Gasteiger partial charge in [0, 0.05) is 0 Å². The molecule has 12 nitrogen and oxygen atoms in total. The minimum Gasteiger partial charge on any atom is -0.394 e. The van der Waals surface area contributed by atoms with Gasteiger partial charge in [0.25, 0.3) is 5.56 Å². The monoisotopic (exact) mass is 448 g/mol. The summed E-state index contributed by atoms with van der Waals surface area (Å²) in [6.45, 7) is 2.68. The van der Waals surface area contributed by atoms with Crippen LogP contribution < -0.4 is 22.7 Å². The third-order valence-corrected chi connectivity index (χ3v) is 5.61. The second kappa shape index (κ2) is 9.40. The Labute approximate surface area is 182 Å². The summed E-state index contributed by atoms with van der Waals surface area (Å²) >= 11 is 0. The van der Waals surface area contributed by atoms with Gasteiger partial charge in [-0.15, -0.1) is 0 Å². The Morgan fingerprint density at radius 2 is 1.81 bits per heavy atom. The smallest absolute Gasteiger partial charge is 0.349 e. The average Bonchev–Trinajstić information content (AvgIpc) is 2.73. The Morgan fingerprint density at radius 3 is 2.44 bits per heavy atom. The maximum atomic E-state index is 12.4. The van der Waals surface area contributed by atoms with Crippen LogP contribution in [0.4, 0.5) is 0 Å². The lowest BCUT2D eigenvalue weighted by molar-refractivity contribution is -0.0802. The van der Waals surface area contributed by atoms with Crippen LogP contribution in [0, 0.1) is 13.8 Å². The fraction of sp³-hybridized carbons (Fsp3) is 0.500. The van der Waals surface area contributed by atoms with E-state index in [1.165, 1.54) is 4.57 Å². The first kappa shape index (κ1) is 23.9. The highest BCUT2D eigenvalue weighted by Crippen LogP contribution is 2.30. The molecular formula is C20H28N6O6. The van der Waals surface area contributed by atoms with Gasteiger partial charge < -0.3 is 36.5 Å². The zero-order chi connectivity index (χ0) is 23.7. The number of nitrogens with zero attached hydrogens (tertiary/aromatic N) is 3. The van der Waals surface area contributed by atoms with Gasteiger partial charge >= 0.3 is 5.69 Å². The lowest BCUT2D eigenvalue weighted by atomic mass is 9.96. The van der Waals surface area contributed by atoms with E-state index in [0.717, 1.165) is 16.7 Å². The summed E-state index contributed by atoms with van der Waals surface area (Å²) in [6, 6.07) is 1.77. The first-order valence-corrected chi connectivity index (χ1v) is 10.1. The van der Waals surface area contributed by atoms with Crippen LogP contribution in [0.1, 0.15) is 23.1 Å². The third-order valence-electron chi connectivity index (χ3n) is 5.61. The van der Waals surface area contributed by atoms with Crippen molar-refractivity contribution in [2.45, 2.75) is 57.7 Å². The lowest BCUT2D eigenvalue weighted by Crippen LogP contribution is -2.42. The zero-order valence-corrected chi connectivity index (χ0v) is 17.8. The molecule has 0 fully saturated rings. The average molecular weight is 448 g/mol. The zero-order valence-electron chi connectivity index (χ0n) is 17.8. The number of aliphatic hydroxyl groups is 4. The number of aryl methyl sites for hydroxylation is 2. The van der Waals surface area contributed by atoms with E-state index in [9.17, 15) is 24.9 Å². The Bertz CT molecular complexity index is 1210. The number of aliphatic hydroxyl groups excluding tert-OH is 4. The minimum atomic E-state index is -1.69. The summed E-state index contributed by atoms with van der Waals surface area (Å²) in [5.74, 6) is -0.0856. The maximum absolute atomic E-state index is 12.4.